The van der Waals surface area contributed by atoms with Gasteiger partial charge in [0.2, 0.25) is 11.8 Å². The van der Waals surface area contributed by atoms with Crippen LogP contribution < -0.4 is 4.90 Å². The average Bonchev–Trinajstić information content (AvgIpc) is 3.05. The molecule has 3 aliphatic rings. The van der Waals surface area contributed by atoms with Gasteiger partial charge in [0.25, 0.3) is 0 Å². The number of anilines is 1. The highest BCUT2D eigenvalue weighted by atomic mass is 127. The molecule has 6 heteroatoms. The van der Waals surface area contributed by atoms with E-state index >= 15 is 0 Å². The Kier molecular flexibility index (Phi) is 2.87. The normalized spacial score (nSPS) is 39.0. The largest absolute Gasteiger partial charge is 0.393 e. The number of hydrogen-bond acceptors (Lipinski definition) is 4. The van der Waals surface area contributed by atoms with Crippen molar-refractivity contribution in [1.29, 1.82) is 0 Å². The van der Waals surface area contributed by atoms with E-state index in [1.54, 1.807) is 25.1 Å². The van der Waals surface area contributed by atoms with Gasteiger partial charge >= 0.3 is 0 Å². The molecule has 4 rings (SSSR count). The van der Waals surface area contributed by atoms with Crippen molar-refractivity contribution in [2.24, 2.45) is 11.8 Å². The van der Waals surface area contributed by atoms with E-state index in [9.17, 15) is 14.7 Å². The van der Waals surface area contributed by atoms with Gasteiger partial charge < -0.3 is 9.84 Å². The maximum Gasteiger partial charge on any atom is 0.241 e. The van der Waals surface area contributed by atoms with Crippen molar-refractivity contribution in [3.63, 3.8) is 0 Å². The first-order valence-electron chi connectivity index (χ1n) is 7.07. The van der Waals surface area contributed by atoms with E-state index in [0.717, 1.165) is 3.57 Å². The highest BCUT2D eigenvalue weighted by Crippen LogP contribution is 2.57. The number of halogens is 1. The fourth-order valence-corrected chi connectivity index (χ4v) is 4.44. The molecule has 4 atom stereocenters. The van der Waals surface area contributed by atoms with Crippen molar-refractivity contribution in [2.75, 3.05) is 11.5 Å². The van der Waals surface area contributed by atoms with Gasteiger partial charge in [-0.05, 0) is 47.7 Å². The van der Waals surface area contributed by atoms with Crippen LogP contribution in [-0.2, 0) is 14.3 Å². The number of aliphatic hydroxyl groups excluding tert-OH is 1. The summed E-state index contributed by atoms with van der Waals surface area (Å²) >= 11 is 2.15. The molecule has 114 valence electrons. The first-order chi connectivity index (χ1) is 10.4. The zero-order chi connectivity index (χ0) is 15.7. The predicted molar refractivity (Wildman–Crippen MR) is 87.1 cm³/mol. The summed E-state index contributed by atoms with van der Waals surface area (Å²) in [5.74, 6) is -1.77. The van der Waals surface area contributed by atoms with Crippen LogP contribution in [0.5, 0.6) is 0 Å². The highest BCUT2D eigenvalue weighted by molar-refractivity contribution is 14.1. The Morgan fingerprint density at radius 1 is 1.27 bits per heavy atom. The molecule has 0 unspecified atom stereocenters. The second kappa shape index (κ2) is 4.39. The summed E-state index contributed by atoms with van der Waals surface area (Å²) in [6, 6.07) is 7.28. The number of amides is 2. The van der Waals surface area contributed by atoms with Gasteiger partial charge in [-0.15, -0.1) is 0 Å². The summed E-state index contributed by atoms with van der Waals surface area (Å²) in [6.07, 6.45) is 3.53. The number of aliphatic hydroxyl groups is 1. The number of imide groups is 1. The topological polar surface area (TPSA) is 66.8 Å². The molecular weight excluding hydrogens is 397 g/mol. The van der Waals surface area contributed by atoms with E-state index in [4.69, 9.17) is 4.74 Å². The summed E-state index contributed by atoms with van der Waals surface area (Å²) < 4.78 is 6.83. The standard InChI is InChI=1S/C16H14INO4/c1-15-5-6-16(8-19,22-15)12-11(15)13(20)18(14(12)21)10-4-2-3-9(17)7-10/h2-7,11-12,19H,8H2,1H3/t11-,12+,15-,16-/m0/s1. The molecule has 3 heterocycles. The summed E-state index contributed by atoms with van der Waals surface area (Å²) in [5.41, 5.74) is -1.31. The van der Waals surface area contributed by atoms with E-state index in [0.29, 0.717) is 5.69 Å². The Bertz CT molecular complexity index is 733. The minimum Gasteiger partial charge on any atom is -0.393 e. The molecule has 2 fully saturated rings. The number of hydrogen-bond donors (Lipinski definition) is 1. The molecule has 22 heavy (non-hydrogen) atoms. The van der Waals surface area contributed by atoms with E-state index in [2.05, 4.69) is 22.6 Å². The first kappa shape index (κ1) is 14.3. The van der Waals surface area contributed by atoms with Crippen molar-refractivity contribution in [2.45, 2.75) is 18.1 Å². The molecule has 2 bridgehead atoms. The Morgan fingerprint density at radius 2 is 2.00 bits per heavy atom. The van der Waals surface area contributed by atoms with E-state index in [1.165, 1.54) is 4.90 Å². The third-order valence-corrected chi connectivity index (χ3v) is 5.54. The zero-order valence-corrected chi connectivity index (χ0v) is 14.0. The molecule has 1 N–H and O–H groups in total. The molecule has 0 radical (unpaired) electrons. The average molecular weight is 411 g/mol. The Labute approximate surface area is 141 Å². The Balaban J connectivity index is 1.82. The van der Waals surface area contributed by atoms with Crippen LogP contribution in [0, 0.1) is 15.4 Å². The second-order valence-electron chi connectivity index (χ2n) is 6.18. The first-order valence-corrected chi connectivity index (χ1v) is 8.14. The van der Waals surface area contributed by atoms with Crippen LogP contribution in [0.1, 0.15) is 6.92 Å². The fourth-order valence-electron chi connectivity index (χ4n) is 3.91. The lowest BCUT2D eigenvalue weighted by Gasteiger charge is -2.27. The zero-order valence-electron chi connectivity index (χ0n) is 11.8. The molecule has 1 aromatic carbocycles. The summed E-state index contributed by atoms with van der Waals surface area (Å²) in [5, 5.41) is 9.75. The van der Waals surface area contributed by atoms with Crippen molar-refractivity contribution >= 4 is 40.1 Å². The number of nitrogens with zero attached hydrogens (tertiary/aromatic N) is 1. The molecule has 0 saturated carbocycles. The summed E-state index contributed by atoms with van der Waals surface area (Å²) in [4.78, 5) is 27.0. The van der Waals surface area contributed by atoms with Crippen molar-refractivity contribution < 1.29 is 19.4 Å². The Hall–Kier alpha value is -1.25. The molecule has 0 aromatic heterocycles. The van der Waals surface area contributed by atoms with Crippen LogP contribution in [0.15, 0.2) is 36.4 Å². The van der Waals surface area contributed by atoms with Gasteiger partial charge in [0.05, 0.1) is 29.7 Å². The second-order valence-corrected chi connectivity index (χ2v) is 7.43. The van der Waals surface area contributed by atoms with Crippen LogP contribution in [0.25, 0.3) is 0 Å². The van der Waals surface area contributed by atoms with Crippen LogP contribution in [-0.4, -0.2) is 34.7 Å². The summed E-state index contributed by atoms with van der Waals surface area (Å²) in [7, 11) is 0. The summed E-state index contributed by atoms with van der Waals surface area (Å²) in [6.45, 7) is 1.49. The third kappa shape index (κ3) is 1.60. The van der Waals surface area contributed by atoms with Gasteiger partial charge in [0.1, 0.15) is 5.60 Å². The lowest BCUT2D eigenvalue weighted by molar-refractivity contribution is -0.131. The van der Waals surface area contributed by atoms with E-state index in [-0.39, 0.29) is 18.4 Å². The van der Waals surface area contributed by atoms with E-state index < -0.39 is 23.0 Å². The fraction of sp³-hybridized carbons (Fsp3) is 0.375. The van der Waals surface area contributed by atoms with E-state index in [1.807, 2.05) is 18.2 Å². The number of carbonyl (C=O) groups excluding carboxylic acids is 2. The molecule has 0 aliphatic carbocycles. The van der Waals surface area contributed by atoms with Crippen molar-refractivity contribution in [1.82, 2.24) is 0 Å². The molecule has 2 saturated heterocycles. The minimum atomic E-state index is -1.07. The molecule has 2 amide bonds. The molecular formula is C16H14INO4. The van der Waals surface area contributed by atoms with Crippen LogP contribution in [0.2, 0.25) is 0 Å². The van der Waals surface area contributed by atoms with Crippen molar-refractivity contribution in [3.05, 3.63) is 40.0 Å². The smallest absolute Gasteiger partial charge is 0.241 e. The van der Waals surface area contributed by atoms with Crippen LogP contribution >= 0.6 is 22.6 Å². The number of benzene rings is 1. The highest BCUT2D eigenvalue weighted by Gasteiger charge is 2.72. The number of ether oxygens (including phenoxy) is 1. The number of fused-ring (bicyclic) bond motifs is 5. The maximum absolute atomic E-state index is 12.9. The van der Waals surface area contributed by atoms with Gasteiger partial charge in [-0.25, -0.2) is 4.90 Å². The van der Waals surface area contributed by atoms with Crippen LogP contribution in [0.4, 0.5) is 5.69 Å². The predicted octanol–water partition coefficient (Wildman–Crippen LogP) is 1.49. The van der Waals surface area contributed by atoms with Gasteiger partial charge in [-0.2, -0.15) is 0 Å². The molecule has 3 aliphatic heterocycles. The van der Waals surface area contributed by atoms with Gasteiger partial charge in [0.15, 0.2) is 0 Å². The maximum atomic E-state index is 12.9. The molecule has 5 nitrogen and oxygen atoms in total. The van der Waals surface area contributed by atoms with Crippen molar-refractivity contribution in [3.8, 4) is 0 Å². The lowest BCUT2D eigenvalue weighted by atomic mass is 9.73. The minimum absolute atomic E-state index is 0.251. The number of carbonyl (C=O) groups is 2. The van der Waals surface area contributed by atoms with Gasteiger partial charge in [0, 0.05) is 3.57 Å². The monoisotopic (exact) mass is 411 g/mol. The van der Waals surface area contributed by atoms with Gasteiger partial charge in [-0.1, -0.05) is 18.2 Å². The lowest BCUT2D eigenvalue weighted by Crippen LogP contribution is -2.43. The quantitative estimate of drug-likeness (QED) is 0.455. The number of rotatable bonds is 2. The van der Waals surface area contributed by atoms with Crippen LogP contribution in [0.3, 0.4) is 0 Å². The third-order valence-electron chi connectivity index (χ3n) is 4.87. The molecule has 1 aromatic rings. The van der Waals surface area contributed by atoms with Gasteiger partial charge in [-0.3, -0.25) is 9.59 Å². The molecule has 0 spiro atoms. The SMILES string of the molecule is C[C@@]12C=C[C@@](CO)(O1)[C@H]1C(=O)N(c3cccc(I)c3)C(=O)[C@H]12. The Morgan fingerprint density at radius 3 is 2.68 bits per heavy atom.